The summed E-state index contributed by atoms with van der Waals surface area (Å²) in [6.45, 7) is 5.85. The molecule has 0 saturated heterocycles. The predicted molar refractivity (Wildman–Crippen MR) is 98.8 cm³/mol. The Kier molecular flexibility index (Phi) is 4.87. The van der Waals surface area contributed by atoms with E-state index < -0.39 is 17.4 Å². The van der Waals surface area contributed by atoms with E-state index in [1.807, 2.05) is 43.7 Å². The Morgan fingerprint density at radius 3 is 2.72 bits per heavy atom. The van der Waals surface area contributed by atoms with Gasteiger partial charge in [-0.25, -0.2) is 4.52 Å². The lowest BCUT2D eigenvalue weighted by Crippen LogP contribution is -2.48. The van der Waals surface area contributed by atoms with Gasteiger partial charge in [-0.05, 0) is 32.2 Å². The summed E-state index contributed by atoms with van der Waals surface area (Å²) in [5.74, 6) is -0.542. The third-order valence-electron chi connectivity index (χ3n) is 3.25. The molecule has 0 unspecified atom stereocenters. The number of rotatable bonds is 4. The van der Waals surface area contributed by atoms with Crippen molar-refractivity contribution in [1.29, 1.82) is 0 Å². The van der Waals surface area contributed by atoms with Gasteiger partial charge in [0.05, 0.1) is 10.6 Å². The zero-order chi connectivity index (χ0) is 18.0. The lowest BCUT2D eigenvalue weighted by Gasteiger charge is -2.19. The average molecular weight is 377 g/mol. The Labute approximate surface area is 153 Å². The highest BCUT2D eigenvalue weighted by Crippen LogP contribution is 2.24. The normalized spacial score (nSPS) is 11.6. The van der Waals surface area contributed by atoms with Crippen molar-refractivity contribution < 1.29 is 9.59 Å². The van der Waals surface area contributed by atoms with Crippen LogP contribution >= 0.6 is 22.7 Å². The molecule has 9 heteroatoms. The second-order valence-corrected chi connectivity index (χ2v) is 8.33. The number of carbonyl (C=O) groups is 2. The summed E-state index contributed by atoms with van der Waals surface area (Å²) in [7, 11) is 0. The highest BCUT2D eigenvalue weighted by Gasteiger charge is 2.20. The maximum Gasteiger partial charge on any atom is 0.309 e. The number of aromatic nitrogens is 3. The van der Waals surface area contributed by atoms with Gasteiger partial charge in [0.15, 0.2) is 5.82 Å². The van der Waals surface area contributed by atoms with Crippen molar-refractivity contribution in [3.8, 4) is 10.7 Å². The quantitative estimate of drug-likeness (QED) is 0.682. The summed E-state index contributed by atoms with van der Waals surface area (Å²) in [5.41, 5.74) is 0.513. The number of thiophene rings is 1. The summed E-state index contributed by atoms with van der Waals surface area (Å²) < 4.78 is 1.79. The van der Waals surface area contributed by atoms with Crippen LogP contribution in [0, 0.1) is 0 Å². The molecule has 3 rings (SSSR count). The van der Waals surface area contributed by atoms with Gasteiger partial charge in [0, 0.05) is 23.9 Å². The SMILES string of the molecule is CC(C)(C)NC(=O)C(=O)NCCc1csc2nc(-c3cccs3)nn12. The van der Waals surface area contributed by atoms with Crippen molar-refractivity contribution in [2.24, 2.45) is 0 Å². The molecule has 25 heavy (non-hydrogen) atoms. The van der Waals surface area contributed by atoms with E-state index in [0.29, 0.717) is 18.8 Å². The zero-order valence-electron chi connectivity index (χ0n) is 14.2. The molecule has 0 saturated carbocycles. The van der Waals surface area contributed by atoms with Gasteiger partial charge in [-0.2, -0.15) is 4.98 Å². The third-order valence-corrected chi connectivity index (χ3v) is 4.98. The Hall–Kier alpha value is -2.26. The van der Waals surface area contributed by atoms with Crippen LogP contribution in [0.4, 0.5) is 0 Å². The molecule has 0 aromatic carbocycles. The summed E-state index contributed by atoms with van der Waals surface area (Å²) in [4.78, 5) is 29.9. The van der Waals surface area contributed by atoms with Crippen LogP contribution in [0.2, 0.25) is 0 Å². The zero-order valence-corrected chi connectivity index (χ0v) is 15.8. The molecule has 0 atom stereocenters. The fraction of sp³-hybridized carbons (Fsp3) is 0.375. The molecular weight excluding hydrogens is 358 g/mol. The molecule has 0 aliphatic heterocycles. The first-order valence-electron chi connectivity index (χ1n) is 7.81. The van der Waals surface area contributed by atoms with Gasteiger partial charge in [-0.3, -0.25) is 9.59 Å². The number of hydrogen-bond donors (Lipinski definition) is 2. The molecule has 3 aromatic heterocycles. The smallest absolute Gasteiger partial charge is 0.309 e. The second kappa shape index (κ2) is 6.93. The van der Waals surface area contributed by atoms with Crippen LogP contribution in [0.3, 0.4) is 0 Å². The first-order valence-corrected chi connectivity index (χ1v) is 9.57. The number of thiazole rings is 1. The molecule has 0 aliphatic rings. The highest BCUT2D eigenvalue weighted by molar-refractivity contribution is 7.15. The van der Waals surface area contributed by atoms with Crippen LogP contribution in [0.15, 0.2) is 22.9 Å². The Morgan fingerprint density at radius 2 is 2.04 bits per heavy atom. The second-order valence-electron chi connectivity index (χ2n) is 6.54. The number of nitrogens with one attached hydrogen (secondary N) is 2. The van der Waals surface area contributed by atoms with E-state index in [1.54, 1.807) is 15.9 Å². The minimum atomic E-state index is -0.626. The number of nitrogens with zero attached hydrogens (tertiary/aromatic N) is 3. The van der Waals surface area contributed by atoms with Crippen LogP contribution in [0.1, 0.15) is 26.5 Å². The molecular formula is C16H19N5O2S2. The van der Waals surface area contributed by atoms with E-state index >= 15 is 0 Å². The number of fused-ring (bicyclic) bond motifs is 1. The van der Waals surface area contributed by atoms with Crippen molar-refractivity contribution in [3.05, 3.63) is 28.6 Å². The predicted octanol–water partition coefficient (Wildman–Crippen LogP) is 2.09. The van der Waals surface area contributed by atoms with Crippen LogP contribution in [-0.4, -0.2) is 38.5 Å². The molecule has 0 bridgehead atoms. The van der Waals surface area contributed by atoms with Gasteiger partial charge in [0.25, 0.3) is 0 Å². The van der Waals surface area contributed by atoms with E-state index in [0.717, 1.165) is 15.5 Å². The molecule has 0 aliphatic carbocycles. The topological polar surface area (TPSA) is 88.4 Å². The average Bonchev–Trinajstić information content (AvgIpc) is 3.22. The van der Waals surface area contributed by atoms with Crippen molar-refractivity contribution in [3.63, 3.8) is 0 Å². The monoisotopic (exact) mass is 377 g/mol. The van der Waals surface area contributed by atoms with E-state index in [4.69, 9.17) is 0 Å². The van der Waals surface area contributed by atoms with Crippen LogP contribution in [0.25, 0.3) is 15.7 Å². The molecule has 2 N–H and O–H groups in total. The standard InChI is InChI=1S/C16H19N5O2S2/c1-16(2,3)19-14(23)13(22)17-7-6-10-9-25-15-18-12(20-21(10)15)11-5-4-8-24-11/h4-5,8-9H,6-7H2,1-3H3,(H,17,22)(H,19,23). The molecule has 0 spiro atoms. The Morgan fingerprint density at radius 1 is 1.24 bits per heavy atom. The maximum atomic E-state index is 11.8. The highest BCUT2D eigenvalue weighted by atomic mass is 32.1. The van der Waals surface area contributed by atoms with Gasteiger partial charge in [-0.1, -0.05) is 6.07 Å². The van der Waals surface area contributed by atoms with Crippen LogP contribution < -0.4 is 10.6 Å². The lowest BCUT2D eigenvalue weighted by atomic mass is 10.1. The van der Waals surface area contributed by atoms with Crippen LogP contribution in [0.5, 0.6) is 0 Å². The van der Waals surface area contributed by atoms with Gasteiger partial charge in [0.1, 0.15) is 0 Å². The summed E-state index contributed by atoms with van der Waals surface area (Å²) in [6, 6.07) is 3.95. The molecule has 3 aromatic rings. The fourth-order valence-electron chi connectivity index (χ4n) is 2.19. The summed E-state index contributed by atoms with van der Waals surface area (Å²) in [6.07, 6.45) is 0.571. The number of carbonyl (C=O) groups excluding carboxylic acids is 2. The van der Waals surface area contributed by atoms with E-state index in [9.17, 15) is 9.59 Å². The lowest BCUT2D eigenvalue weighted by molar-refractivity contribution is -0.140. The minimum Gasteiger partial charge on any atom is -0.347 e. The van der Waals surface area contributed by atoms with Crippen molar-refractivity contribution in [2.75, 3.05) is 6.54 Å². The summed E-state index contributed by atoms with van der Waals surface area (Å²) >= 11 is 3.10. The molecule has 7 nitrogen and oxygen atoms in total. The Bertz CT molecular complexity index is 890. The molecule has 3 heterocycles. The van der Waals surface area contributed by atoms with E-state index in [2.05, 4.69) is 20.7 Å². The van der Waals surface area contributed by atoms with Gasteiger partial charge in [0.2, 0.25) is 4.96 Å². The summed E-state index contributed by atoms with van der Waals surface area (Å²) in [5, 5.41) is 13.8. The number of hydrogen-bond acceptors (Lipinski definition) is 6. The first-order chi connectivity index (χ1) is 11.8. The maximum absolute atomic E-state index is 11.8. The Balaban J connectivity index is 1.60. The molecule has 2 amide bonds. The molecule has 0 fully saturated rings. The minimum absolute atomic E-state index is 0.358. The van der Waals surface area contributed by atoms with Gasteiger partial charge < -0.3 is 10.6 Å². The molecule has 0 radical (unpaired) electrons. The van der Waals surface area contributed by atoms with Gasteiger partial charge >= 0.3 is 11.8 Å². The van der Waals surface area contributed by atoms with Crippen molar-refractivity contribution in [2.45, 2.75) is 32.7 Å². The largest absolute Gasteiger partial charge is 0.347 e. The van der Waals surface area contributed by atoms with Crippen molar-refractivity contribution >= 4 is 39.4 Å². The van der Waals surface area contributed by atoms with E-state index in [1.165, 1.54) is 11.3 Å². The molecule has 132 valence electrons. The van der Waals surface area contributed by atoms with Crippen LogP contribution in [-0.2, 0) is 16.0 Å². The third kappa shape index (κ3) is 4.23. The van der Waals surface area contributed by atoms with Crippen molar-refractivity contribution in [1.82, 2.24) is 25.2 Å². The fourth-order valence-corrected chi connectivity index (χ4v) is 3.70. The first kappa shape index (κ1) is 17.6. The van der Waals surface area contributed by atoms with Gasteiger partial charge in [-0.15, -0.1) is 27.8 Å². The number of amides is 2. The van der Waals surface area contributed by atoms with E-state index in [-0.39, 0.29) is 0 Å².